The molecule has 1 aromatic carbocycles. The molecule has 0 radical (unpaired) electrons. The summed E-state index contributed by atoms with van der Waals surface area (Å²) in [6.07, 6.45) is 2.09. The van der Waals surface area contributed by atoms with Crippen molar-refractivity contribution < 1.29 is 12.8 Å². The number of rotatable bonds is 5. The third kappa shape index (κ3) is 3.70. The second-order valence-electron chi connectivity index (χ2n) is 4.73. The molecule has 102 valence electrons. The maximum absolute atomic E-state index is 13.6. The van der Waals surface area contributed by atoms with E-state index in [-0.39, 0.29) is 16.6 Å². The topological polar surface area (TPSA) is 46.2 Å². The van der Waals surface area contributed by atoms with Crippen molar-refractivity contribution in [3.05, 3.63) is 24.0 Å². The lowest BCUT2D eigenvalue weighted by atomic mass is 10.0. The van der Waals surface area contributed by atoms with Crippen LogP contribution < -0.4 is 5.32 Å². The van der Waals surface area contributed by atoms with Crippen LogP contribution in [0.2, 0.25) is 0 Å². The van der Waals surface area contributed by atoms with Crippen LogP contribution in [-0.2, 0) is 9.84 Å². The lowest BCUT2D eigenvalue weighted by molar-refractivity contribution is 0.491. The van der Waals surface area contributed by atoms with Gasteiger partial charge in [0.15, 0.2) is 9.84 Å². The van der Waals surface area contributed by atoms with Gasteiger partial charge in [0.2, 0.25) is 0 Å². The summed E-state index contributed by atoms with van der Waals surface area (Å²) in [4.78, 5) is 0.128. The van der Waals surface area contributed by atoms with Crippen LogP contribution in [0, 0.1) is 11.7 Å². The fourth-order valence-corrected chi connectivity index (χ4v) is 2.23. The molecule has 2 unspecified atom stereocenters. The van der Waals surface area contributed by atoms with E-state index < -0.39 is 15.7 Å². The summed E-state index contributed by atoms with van der Waals surface area (Å²) in [5, 5.41) is 3.03. The molecule has 1 rings (SSSR count). The van der Waals surface area contributed by atoms with E-state index in [0.29, 0.717) is 5.92 Å². The highest BCUT2D eigenvalue weighted by molar-refractivity contribution is 7.90. The molecule has 0 heterocycles. The first kappa shape index (κ1) is 15.0. The van der Waals surface area contributed by atoms with E-state index in [1.165, 1.54) is 18.2 Å². The van der Waals surface area contributed by atoms with Gasteiger partial charge in [0.05, 0.1) is 10.6 Å². The van der Waals surface area contributed by atoms with Crippen molar-refractivity contribution >= 4 is 15.5 Å². The van der Waals surface area contributed by atoms with Crippen molar-refractivity contribution in [3.63, 3.8) is 0 Å². The Kier molecular flexibility index (Phi) is 4.73. The highest BCUT2D eigenvalue weighted by atomic mass is 32.2. The summed E-state index contributed by atoms with van der Waals surface area (Å²) in [5.41, 5.74) is 0.241. The summed E-state index contributed by atoms with van der Waals surface area (Å²) < 4.78 is 36.5. The maximum Gasteiger partial charge on any atom is 0.175 e. The average Bonchev–Trinajstić information content (AvgIpc) is 2.29. The van der Waals surface area contributed by atoms with E-state index in [1.54, 1.807) is 0 Å². The number of halogens is 1. The molecule has 0 saturated heterocycles. The summed E-state index contributed by atoms with van der Waals surface area (Å²) in [5.74, 6) is -0.0520. The smallest absolute Gasteiger partial charge is 0.175 e. The summed E-state index contributed by atoms with van der Waals surface area (Å²) in [6.45, 7) is 6.09. The molecule has 1 N–H and O–H groups in total. The molecule has 18 heavy (non-hydrogen) atoms. The first-order valence-electron chi connectivity index (χ1n) is 6.01. The van der Waals surface area contributed by atoms with Crippen LogP contribution in [0.5, 0.6) is 0 Å². The van der Waals surface area contributed by atoms with E-state index in [4.69, 9.17) is 0 Å². The SMILES string of the molecule is CCC(C)C(C)Nc1cc(S(C)(=O)=O)ccc1F. The Hall–Kier alpha value is -1.10. The summed E-state index contributed by atoms with van der Waals surface area (Å²) in [7, 11) is -3.31. The fourth-order valence-electron chi connectivity index (χ4n) is 1.59. The van der Waals surface area contributed by atoms with E-state index in [0.717, 1.165) is 12.7 Å². The van der Waals surface area contributed by atoms with E-state index in [1.807, 2.05) is 6.92 Å². The molecule has 0 aliphatic heterocycles. The summed E-state index contributed by atoms with van der Waals surface area (Å²) in [6, 6.07) is 3.90. The minimum absolute atomic E-state index is 0.0827. The zero-order chi connectivity index (χ0) is 13.9. The molecule has 0 aromatic heterocycles. The molecule has 0 amide bonds. The van der Waals surface area contributed by atoms with Crippen LogP contribution in [0.15, 0.2) is 23.1 Å². The van der Waals surface area contributed by atoms with Crippen molar-refractivity contribution in [2.75, 3.05) is 11.6 Å². The minimum atomic E-state index is -3.31. The number of hydrogen-bond donors (Lipinski definition) is 1. The highest BCUT2D eigenvalue weighted by Crippen LogP contribution is 2.22. The average molecular weight is 273 g/mol. The molecule has 1 aromatic rings. The van der Waals surface area contributed by atoms with Gasteiger partial charge in [-0.25, -0.2) is 12.8 Å². The molecular weight excluding hydrogens is 253 g/mol. The Morgan fingerprint density at radius 1 is 1.33 bits per heavy atom. The number of nitrogens with one attached hydrogen (secondary N) is 1. The molecule has 0 fully saturated rings. The highest BCUT2D eigenvalue weighted by Gasteiger charge is 2.15. The standard InChI is InChI=1S/C13H20FNO2S/c1-5-9(2)10(3)15-13-8-11(18(4,16)17)6-7-12(13)14/h6-10,15H,5H2,1-4H3. The predicted molar refractivity (Wildman–Crippen MR) is 72.0 cm³/mol. The van der Waals surface area contributed by atoms with Crippen LogP contribution >= 0.6 is 0 Å². The van der Waals surface area contributed by atoms with E-state index in [2.05, 4.69) is 19.2 Å². The third-order valence-corrected chi connectivity index (χ3v) is 4.36. The Morgan fingerprint density at radius 2 is 1.94 bits per heavy atom. The van der Waals surface area contributed by atoms with Gasteiger partial charge >= 0.3 is 0 Å². The summed E-state index contributed by atoms with van der Waals surface area (Å²) >= 11 is 0. The van der Waals surface area contributed by atoms with Crippen molar-refractivity contribution in [1.82, 2.24) is 0 Å². The van der Waals surface area contributed by atoms with Gasteiger partial charge in [0.25, 0.3) is 0 Å². The van der Waals surface area contributed by atoms with Crippen LogP contribution in [0.1, 0.15) is 27.2 Å². The van der Waals surface area contributed by atoms with Crippen LogP contribution in [-0.4, -0.2) is 20.7 Å². The zero-order valence-corrected chi connectivity index (χ0v) is 12.0. The van der Waals surface area contributed by atoms with Crippen LogP contribution in [0.4, 0.5) is 10.1 Å². The monoisotopic (exact) mass is 273 g/mol. The Morgan fingerprint density at radius 3 is 2.44 bits per heavy atom. The maximum atomic E-state index is 13.6. The number of sulfone groups is 1. The fraction of sp³-hybridized carbons (Fsp3) is 0.538. The van der Waals surface area contributed by atoms with Gasteiger partial charge in [0, 0.05) is 12.3 Å². The number of benzene rings is 1. The molecule has 5 heteroatoms. The number of anilines is 1. The molecular formula is C13H20FNO2S. The second-order valence-corrected chi connectivity index (χ2v) is 6.75. The minimum Gasteiger partial charge on any atom is -0.380 e. The molecule has 0 bridgehead atoms. The number of hydrogen-bond acceptors (Lipinski definition) is 3. The lowest BCUT2D eigenvalue weighted by Gasteiger charge is -2.21. The van der Waals surface area contributed by atoms with Gasteiger partial charge in [-0.3, -0.25) is 0 Å². The molecule has 0 aliphatic carbocycles. The van der Waals surface area contributed by atoms with Crippen molar-refractivity contribution in [2.45, 2.75) is 38.1 Å². The Bertz CT molecular complexity index is 514. The normalized spacial score (nSPS) is 15.2. The van der Waals surface area contributed by atoms with Gasteiger partial charge in [-0.2, -0.15) is 0 Å². The first-order valence-corrected chi connectivity index (χ1v) is 7.91. The molecule has 2 atom stereocenters. The van der Waals surface area contributed by atoms with Gasteiger partial charge in [-0.05, 0) is 31.0 Å². The Balaban J connectivity index is 3.02. The van der Waals surface area contributed by atoms with Gasteiger partial charge < -0.3 is 5.32 Å². The first-order chi connectivity index (χ1) is 8.25. The van der Waals surface area contributed by atoms with E-state index >= 15 is 0 Å². The molecule has 0 saturated carbocycles. The molecule has 3 nitrogen and oxygen atoms in total. The Labute approximate surface area is 108 Å². The quantitative estimate of drug-likeness (QED) is 0.839. The van der Waals surface area contributed by atoms with Gasteiger partial charge in [0.1, 0.15) is 5.82 Å². The van der Waals surface area contributed by atoms with Crippen molar-refractivity contribution in [3.8, 4) is 0 Å². The molecule has 0 aliphatic rings. The molecule has 0 spiro atoms. The van der Waals surface area contributed by atoms with Crippen molar-refractivity contribution in [1.29, 1.82) is 0 Å². The predicted octanol–water partition coefficient (Wildman–Crippen LogP) is 3.08. The van der Waals surface area contributed by atoms with Gasteiger partial charge in [-0.1, -0.05) is 20.3 Å². The lowest BCUT2D eigenvalue weighted by Crippen LogP contribution is -2.23. The largest absolute Gasteiger partial charge is 0.380 e. The van der Waals surface area contributed by atoms with Crippen LogP contribution in [0.25, 0.3) is 0 Å². The van der Waals surface area contributed by atoms with Crippen LogP contribution in [0.3, 0.4) is 0 Å². The van der Waals surface area contributed by atoms with Crippen molar-refractivity contribution in [2.24, 2.45) is 5.92 Å². The second kappa shape index (κ2) is 5.69. The van der Waals surface area contributed by atoms with E-state index in [9.17, 15) is 12.8 Å². The third-order valence-electron chi connectivity index (χ3n) is 3.25. The van der Waals surface area contributed by atoms with Gasteiger partial charge in [-0.15, -0.1) is 0 Å². The zero-order valence-electron chi connectivity index (χ0n) is 11.2.